The number of aromatic nitrogens is 2. The van der Waals surface area contributed by atoms with Gasteiger partial charge in [-0.3, -0.25) is 9.48 Å². The highest BCUT2D eigenvalue weighted by Crippen LogP contribution is 2.30. The minimum atomic E-state index is 0.0697. The Hall–Kier alpha value is -1.40. The van der Waals surface area contributed by atoms with Crippen molar-refractivity contribution >= 4 is 27.5 Å². The first kappa shape index (κ1) is 11.7. The Morgan fingerprint density at radius 3 is 2.94 bits per heavy atom. The minimum Gasteiger partial charge on any atom is -0.396 e. The van der Waals surface area contributed by atoms with Crippen LogP contribution in [-0.4, -0.2) is 45.4 Å². The van der Waals surface area contributed by atoms with Gasteiger partial charge in [-0.05, 0) is 13.0 Å². The van der Waals surface area contributed by atoms with Crippen LogP contribution in [0.3, 0.4) is 0 Å². The van der Waals surface area contributed by atoms with E-state index in [2.05, 4.69) is 5.10 Å². The molecule has 0 aliphatic carbocycles. The van der Waals surface area contributed by atoms with Gasteiger partial charge in [-0.2, -0.15) is 5.10 Å². The molecular weight excluding hydrogens is 250 g/mol. The zero-order valence-corrected chi connectivity index (χ0v) is 11.2. The number of thiophene rings is 1. The van der Waals surface area contributed by atoms with Crippen molar-refractivity contribution in [2.75, 3.05) is 19.7 Å². The molecule has 1 aliphatic heterocycles. The van der Waals surface area contributed by atoms with Gasteiger partial charge in [-0.1, -0.05) is 0 Å². The summed E-state index contributed by atoms with van der Waals surface area (Å²) in [5.74, 6) is 0.326. The van der Waals surface area contributed by atoms with Gasteiger partial charge in [0.15, 0.2) is 0 Å². The highest BCUT2D eigenvalue weighted by atomic mass is 32.1. The zero-order valence-electron chi connectivity index (χ0n) is 10.4. The number of aryl methyl sites for hydroxylation is 2. The fraction of sp³-hybridized carbons (Fsp3) is 0.500. The van der Waals surface area contributed by atoms with Gasteiger partial charge in [-0.15, -0.1) is 11.3 Å². The number of fused-ring (bicyclic) bond motifs is 1. The van der Waals surface area contributed by atoms with E-state index in [1.54, 1.807) is 4.90 Å². The van der Waals surface area contributed by atoms with E-state index in [0.29, 0.717) is 13.1 Å². The first-order valence-electron chi connectivity index (χ1n) is 5.93. The lowest BCUT2D eigenvalue weighted by Gasteiger charge is -2.37. The maximum Gasteiger partial charge on any atom is 0.264 e. The molecule has 96 valence electrons. The number of hydrogen-bond donors (Lipinski definition) is 1. The summed E-state index contributed by atoms with van der Waals surface area (Å²) in [6.07, 6.45) is 0. The Labute approximate surface area is 109 Å². The molecule has 1 aliphatic rings. The van der Waals surface area contributed by atoms with Gasteiger partial charge in [-0.25, -0.2) is 0 Å². The number of rotatable bonds is 2. The lowest BCUT2D eigenvalue weighted by molar-refractivity contribution is 0.0366. The number of aliphatic hydroxyl groups excluding tert-OH is 1. The second kappa shape index (κ2) is 4.07. The summed E-state index contributed by atoms with van der Waals surface area (Å²) in [4.78, 5) is 15.8. The first-order valence-corrected chi connectivity index (χ1v) is 6.75. The molecule has 18 heavy (non-hydrogen) atoms. The van der Waals surface area contributed by atoms with E-state index in [-0.39, 0.29) is 18.4 Å². The summed E-state index contributed by atoms with van der Waals surface area (Å²) in [6, 6.07) is 1.93. The van der Waals surface area contributed by atoms with E-state index < -0.39 is 0 Å². The Bertz CT molecular complexity index is 576. The molecule has 0 spiro atoms. The third-order valence-electron chi connectivity index (χ3n) is 3.41. The summed E-state index contributed by atoms with van der Waals surface area (Å²) in [5, 5.41) is 14.3. The molecule has 0 atom stereocenters. The molecule has 6 heteroatoms. The van der Waals surface area contributed by atoms with E-state index in [1.807, 2.05) is 24.7 Å². The number of nitrogens with zero attached hydrogens (tertiary/aromatic N) is 3. The fourth-order valence-electron chi connectivity index (χ4n) is 2.32. The van der Waals surface area contributed by atoms with Gasteiger partial charge in [0.05, 0.1) is 10.6 Å². The van der Waals surface area contributed by atoms with E-state index in [1.165, 1.54) is 11.3 Å². The van der Waals surface area contributed by atoms with Gasteiger partial charge >= 0.3 is 0 Å². The van der Waals surface area contributed by atoms with Crippen LogP contribution in [0.2, 0.25) is 0 Å². The van der Waals surface area contributed by atoms with Gasteiger partial charge in [0.2, 0.25) is 0 Å². The van der Waals surface area contributed by atoms with Crippen LogP contribution in [0.4, 0.5) is 0 Å². The largest absolute Gasteiger partial charge is 0.396 e. The minimum absolute atomic E-state index is 0.0697. The topological polar surface area (TPSA) is 58.4 Å². The molecule has 2 aromatic heterocycles. The lowest BCUT2D eigenvalue weighted by Crippen LogP contribution is -2.51. The van der Waals surface area contributed by atoms with E-state index in [9.17, 15) is 4.79 Å². The predicted molar refractivity (Wildman–Crippen MR) is 69.8 cm³/mol. The van der Waals surface area contributed by atoms with Crippen LogP contribution >= 0.6 is 11.3 Å². The standard InChI is InChI=1S/C12H15N3O2S/c1-7-9-3-10(18-12(9)14(2)13-7)11(17)15-4-8(5-15)6-16/h3,8,16H,4-6H2,1-2H3. The first-order chi connectivity index (χ1) is 8.60. The monoisotopic (exact) mass is 265 g/mol. The SMILES string of the molecule is Cc1nn(C)c2sc(C(=O)N3CC(CO)C3)cc12. The molecule has 1 amide bonds. The summed E-state index contributed by atoms with van der Waals surface area (Å²) in [5.41, 5.74) is 0.958. The van der Waals surface area contributed by atoms with Gasteiger partial charge in [0.1, 0.15) is 4.83 Å². The van der Waals surface area contributed by atoms with E-state index in [4.69, 9.17) is 5.11 Å². The van der Waals surface area contributed by atoms with Gasteiger partial charge < -0.3 is 10.0 Å². The summed E-state index contributed by atoms with van der Waals surface area (Å²) >= 11 is 1.49. The van der Waals surface area contributed by atoms with E-state index >= 15 is 0 Å². The number of carbonyl (C=O) groups excluding carboxylic acids is 1. The molecule has 0 unspecified atom stereocenters. The van der Waals surface area contributed by atoms with Crippen LogP contribution in [-0.2, 0) is 7.05 Å². The number of hydrogen-bond acceptors (Lipinski definition) is 4. The van der Waals surface area contributed by atoms with Crippen molar-refractivity contribution in [3.05, 3.63) is 16.6 Å². The number of aliphatic hydroxyl groups is 1. The smallest absolute Gasteiger partial charge is 0.264 e. The molecule has 0 bridgehead atoms. The number of likely N-dealkylation sites (tertiary alicyclic amines) is 1. The lowest BCUT2D eigenvalue weighted by atomic mass is 10.0. The molecule has 0 saturated carbocycles. The maximum atomic E-state index is 12.2. The third-order valence-corrected chi connectivity index (χ3v) is 4.60. The molecule has 3 heterocycles. The Balaban J connectivity index is 1.86. The van der Waals surface area contributed by atoms with E-state index in [0.717, 1.165) is 20.8 Å². The van der Waals surface area contributed by atoms with Gasteiger partial charge in [0.25, 0.3) is 5.91 Å². The van der Waals surface area contributed by atoms with Crippen molar-refractivity contribution in [2.45, 2.75) is 6.92 Å². The molecular formula is C12H15N3O2S. The second-order valence-corrected chi connectivity index (χ2v) is 5.83. The van der Waals surface area contributed by atoms with Crippen LogP contribution in [0.15, 0.2) is 6.07 Å². The molecule has 2 aromatic rings. The molecule has 1 fully saturated rings. The van der Waals surface area contributed by atoms with Crippen molar-refractivity contribution in [1.82, 2.24) is 14.7 Å². The van der Waals surface area contributed by atoms with Crippen LogP contribution < -0.4 is 0 Å². The van der Waals surface area contributed by atoms with Crippen LogP contribution in [0.25, 0.3) is 10.2 Å². The number of carbonyl (C=O) groups is 1. The normalized spacial score (nSPS) is 16.3. The third kappa shape index (κ3) is 1.64. The zero-order chi connectivity index (χ0) is 12.9. The summed E-state index contributed by atoms with van der Waals surface area (Å²) in [6.45, 7) is 3.45. The molecule has 1 saturated heterocycles. The highest BCUT2D eigenvalue weighted by molar-refractivity contribution is 7.20. The Morgan fingerprint density at radius 1 is 1.61 bits per heavy atom. The second-order valence-electron chi connectivity index (χ2n) is 4.80. The van der Waals surface area contributed by atoms with Crippen molar-refractivity contribution < 1.29 is 9.90 Å². The Kier molecular flexibility index (Phi) is 2.64. The van der Waals surface area contributed by atoms with Crippen molar-refractivity contribution in [1.29, 1.82) is 0 Å². The molecule has 3 rings (SSSR count). The van der Waals surface area contributed by atoms with Gasteiger partial charge in [0, 0.05) is 38.0 Å². The summed E-state index contributed by atoms with van der Waals surface area (Å²) < 4.78 is 1.82. The molecule has 0 radical (unpaired) electrons. The molecule has 0 aromatic carbocycles. The van der Waals surface area contributed by atoms with Crippen molar-refractivity contribution in [3.8, 4) is 0 Å². The molecule has 1 N–H and O–H groups in total. The number of amides is 1. The van der Waals surface area contributed by atoms with Crippen LogP contribution in [0, 0.1) is 12.8 Å². The fourth-order valence-corrected chi connectivity index (χ4v) is 3.41. The average Bonchev–Trinajstić information content (AvgIpc) is 2.80. The summed E-state index contributed by atoms with van der Waals surface area (Å²) in [7, 11) is 1.89. The molecule has 5 nitrogen and oxygen atoms in total. The average molecular weight is 265 g/mol. The quantitative estimate of drug-likeness (QED) is 0.881. The van der Waals surface area contributed by atoms with Crippen LogP contribution in [0.1, 0.15) is 15.4 Å². The predicted octanol–water partition coefficient (Wildman–Crippen LogP) is 1.01. The maximum absolute atomic E-state index is 12.2. The Morgan fingerprint density at radius 2 is 2.33 bits per heavy atom. The van der Waals surface area contributed by atoms with Crippen LogP contribution in [0.5, 0.6) is 0 Å². The van der Waals surface area contributed by atoms with Crippen molar-refractivity contribution in [3.63, 3.8) is 0 Å². The van der Waals surface area contributed by atoms with Crippen molar-refractivity contribution in [2.24, 2.45) is 13.0 Å². The highest BCUT2D eigenvalue weighted by Gasteiger charge is 2.31.